The molecule has 0 aromatic heterocycles. The molecule has 0 aliphatic rings. The summed E-state index contributed by atoms with van der Waals surface area (Å²) in [6.45, 7) is 0.628. The van der Waals surface area contributed by atoms with E-state index in [9.17, 15) is 4.39 Å². The van der Waals surface area contributed by atoms with Crippen LogP contribution in [0.5, 0.6) is 0 Å². The highest BCUT2D eigenvalue weighted by atomic mass is 79.9. The highest BCUT2D eigenvalue weighted by Gasteiger charge is 1.98. The summed E-state index contributed by atoms with van der Waals surface area (Å²) in [7, 11) is 3.79. The molecule has 0 aliphatic heterocycles. The van der Waals surface area contributed by atoms with Crippen LogP contribution in [0.2, 0.25) is 0 Å². The molecule has 0 saturated heterocycles. The minimum Gasteiger partial charge on any atom is -0.251 e. The molecule has 0 aliphatic carbocycles. The van der Waals surface area contributed by atoms with Crippen LogP contribution >= 0.6 is 15.9 Å². The molecule has 0 saturated carbocycles. The molecule has 1 N–H and O–H groups in total. The van der Waals surface area contributed by atoms with Crippen molar-refractivity contribution in [3.8, 4) is 0 Å². The standard InChI is InChI=1S/C9H12BrFN2/c1-13(2)12-6-7-3-8(10)5-9(11)4-7/h3-5,12H,6H2,1-2H3. The van der Waals surface area contributed by atoms with E-state index >= 15 is 0 Å². The monoisotopic (exact) mass is 246 g/mol. The Morgan fingerprint density at radius 2 is 2.08 bits per heavy atom. The van der Waals surface area contributed by atoms with Gasteiger partial charge in [0.1, 0.15) is 5.82 Å². The second-order valence-electron chi connectivity index (χ2n) is 3.01. The first-order valence-corrected chi connectivity index (χ1v) is 4.73. The van der Waals surface area contributed by atoms with Crippen molar-refractivity contribution in [1.29, 1.82) is 0 Å². The molecule has 1 aromatic carbocycles. The lowest BCUT2D eigenvalue weighted by molar-refractivity contribution is 0.286. The molecular weight excluding hydrogens is 235 g/mol. The smallest absolute Gasteiger partial charge is 0.124 e. The Morgan fingerprint density at radius 1 is 1.38 bits per heavy atom. The topological polar surface area (TPSA) is 15.3 Å². The van der Waals surface area contributed by atoms with Gasteiger partial charge in [0.2, 0.25) is 0 Å². The number of halogens is 2. The van der Waals surface area contributed by atoms with E-state index in [1.54, 1.807) is 0 Å². The molecule has 1 aromatic rings. The summed E-state index contributed by atoms with van der Waals surface area (Å²) in [5, 5.41) is 1.83. The zero-order valence-electron chi connectivity index (χ0n) is 7.64. The predicted molar refractivity (Wildman–Crippen MR) is 54.6 cm³/mol. The Bertz CT molecular complexity index is 269. The summed E-state index contributed by atoms with van der Waals surface area (Å²) in [6, 6.07) is 4.85. The minimum atomic E-state index is -0.218. The summed E-state index contributed by atoms with van der Waals surface area (Å²) < 4.78 is 13.6. The number of hydrogen-bond donors (Lipinski definition) is 1. The van der Waals surface area contributed by atoms with Crippen LogP contribution in [-0.4, -0.2) is 19.1 Å². The molecule has 0 spiro atoms. The van der Waals surface area contributed by atoms with Crippen molar-refractivity contribution < 1.29 is 4.39 Å². The van der Waals surface area contributed by atoms with E-state index in [-0.39, 0.29) is 5.82 Å². The van der Waals surface area contributed by atoms with E-state index in [1.165, 1.54) is 12.1 Å². The van der Waals surface area contributed by atoms with Gasteiger partial charge in [-0.1, -0.05) is 15.9 Å². The maximum absolute atomic E-state index is 12.9. The minimum absolute atomic E-state index is 0.218. The number of hydrogen-bond acceptors (Lipinski definition) is 2. The van der Waals surface area contributed by atoms with Crippen molar-refractivity contribution in [3.63, 3.8) is 0 Å². The van der Waals surface area contributed by atoms with Gasteiger partial charge in [-0.25, -0.2) is 4.39 Å². The van der Waals surface area contributed by atoms with Crippen molar-refractivity contribution in [2.24, 2.45) is 0 Å². The molecule has 13 heavy (non-hydrogen) atoms. The van der Waals surface area contributed by atoms with Gasteiger partial charge < -0.3 is 0 Å². The quantitative estimate of drug-likeness (QED) is 0.823. The maximum Gasteiger partial charge on any atom is 0.124 e. The molecule has 72 valence electrons. The van der Waals surface area contributed by atoms with Crippen LogP contribution in [0, 0.1) is 5.82 Å². The lowest BCUT2D eigenvalue weighted by atomic mass is 10.2. The molecular formula is C9H12BrFN2. The van der Waals surface area contributed by atoms with Gasteiger partial charge in [0.05, 0.1) is 0 Å². The number of rotatable bonds is 3. The van der Waals surface area contributed by atoms with Crippen LogP contribution in [0.3, 0.4) is 0 Å². The SMILES string of the molecule is CN(C)NCc1cc(F)cc(Br)c1. The Labute approximate surface area is 85.8 Å². The van der Waals surface area contributed by atoms with Gasteiger partial charge in [0.15, 0.2) is 0 Å². The third-order valence-electron chi connectivity index (χ3n) is 1.52. The molecule has 0 fully saturated rings. The zero-order valence-corrected chi connectivity index (χ0v) is 9.23. The highest BCUT2D eigenvalue weighted by molar-refractivity contribution is 9.10. The molecule has 4 heteroatoms. The van der Waals surface area contributed by atoms with E-state index in [0.29, 0.717) is 6.54 Å². The fourth-order valence-electron chi connectivity index (χ4n) is 0.962. The van der Waals surface area contributed by atoms with Crippen LogP contribution in [-0.2, 0) is 6.54 Å². The molecule has 0 amide bonds. The van der Waals surface area contributed by atoms with Crippen LogP contribution < -0.4 is 5.43 Å². The van der Waals surface area contributed by atoms with Crippen molar-refractivity contribution in [1.82, 2.24) is 10.4 Å². The largest absolute Gasteiger partial charge is 0.251 e. The summed E-state index contributed by atoms with van der Waals surface area (Å²) in [5.41, 5.74) is 3.98. The molecule has 2 nitrogen and oxygen atoms in total. The summed E-state index contributed by atoms with van der Waals surface area (Å²) in [4.78, 5) is 0. The molecule has 0 radical (unpaired) electrons. The normalized spacial score (nSPS) is 10.8. The second kappa shape index (κ2) is 4.69. The molecule has 0 atom stereocenters. The fourth-order valence-corrected chi connectivity index (χ4v) is 1.48. The van der Waals surface area contributed by atoms with E-state index in [0.717, 1.165) is 10.0 Å². The first-order valence-electron chi connectivity index (χ1n) is 3.94. The van der Waals surface area contributed by atoms with Crippen molar-refractivity contribution in [3.05, 3.63) is 34.1 Å². The van der Waals surface area contributed by atoms with Gasteiger partial charge in [-0.3, -0.25) is 10.4 Å². The highest BCUT2D eigenvalue weighted by Crippen LogP contribution is 2.14. The number of nitrogens with one attached hydrogen (secondary N) is 1. The van der Waals surface area contributed by atoms with Crippen LogP contribution in [0.1, 0.15) is 5.56 Å². The molecule has 0 bridgehead atoms. The Kier molecular flexibility index (Phi) is 3.84. The first kappa shape index (κ1) is 10.6. The fraction of sp³-hybridized carbons (Fsp3) is 0.333. The Hall–Kier alpha value is -0.450. The van der Waals surface area contributed by atoms with Crippen LogP contribution in [0.25, 0.3) is 0 Å². The van der Waals surface area contributed by atoms with Gasteiger partial charge in [-0.15, -0.1) is 0 Å². The van der Waals surface area contributed by atoms with Crippen LogP contribution in [0.15, 0.2) is 22.7 Å². The van der Waals surface area contributed by atoms with E-state index in [2.05, 4.69) is 21.4 Å². The number of hydrazine groups is 1. The average molecular weight is 247 g/mol. The van der Waals surface area contributed by atoms with Crippen LogP contribution in [0.4, 0.5) is 4.39 Å². The maximum atomic E-state index is 12.9. The van der Waals surface area contributed by atoms with E-state index in [4.69, 9.17) is 0 Å². The van der Waals surface area contributed by atoms with E-state index < -0.39 is 0 Å². The lowest BCUT2D eigenvalue weighted by Crippen LogP contribution is -2.29. The van der Waals surface area contributed by atoms with Gasteiger partial charge in [0, 0.05) is 25.1 Å². The van der Waals surface area contributed by atoms with E-state index in [1.807, 2.05) is 25.2 Å². The van der Waals surface area contributed by atoms with Crippen molar-refractivity contribution in [2.75, 3.05) is 14.1 Å². The second-order valence-corrected chi connectivity index (χ2v) is 3.92. The third-order valence-corrected chi connectivity index (χ3v) is 1.98. The molecule has 0 unspecified atom stereocenters. The van der Waals surface area contributed by atoms with Gasteiger partial charge >= 0.3 is 0 Å². The van der Waals surface area contributed by atoms with Crippen molar-refractivity contribution in [2.45, 2.75) is 6.54 Å². The molecule has 1 rings (SSSR count). The Balaban J connectivity index is 2.66. The average Bonchev–Trinajstić information content (AvgIpc) is 1.99. The van der Waals surface area contributed by atoms with Crippen molar-refractivity contribution >= 4 is 15.9 Å². The van der Waals surface area contributed by atoms with Gasteiger partial charge in [-0.2, -0.15) is 0 Å². The van der Waals surface area contributed by atoms with Gasteiger partial charge in [-0.05, 0) is 23.8 Å². The summed E-state index contributed by atoms with van der Waals surface area (Å²) in [6.07, 6.45) is 0. The summed E-state index contributed by atoms with van der Waals surface area (Å²) >= 11 is 3.24. The zero-order chi connectivity index (χ0) is 9.84. The Morgan fingerprint density at radius 3 is 2.62 bits per heavy atom. The number of benzene rings is 1. The third kappa shape index (κ3) is 3.85. The number of nitrogens with zero attached hydrogens (tertiary/aromatic N) is 1. The molecule has 0 heterocycles. The predicted octanol–water partition coefficient (Wildman–Crippen LogP) is 2.15. The lowest BCUT2D eigenvalue weighted by Gasteiger charge is -2.11. The first-order chi connectivity index (χ1) is 6.08. The summed E-state index contributed by atoms with van der Waals surface area (Å²) in [5.74, 6) is -0.218. The van der Waals surface area contributed by atoms with Gasteiger partial charge in [0.25, 0.3) is 0 Å².